The molecule has 0 radical (unpaired) electrons. The normalized spacial score (nSPS) is 17.1. The Morgan fingerprint density at radius 2 is 1.67 bits per heavy atom. The lowest BCUT2D eigenvalue weighted by molar-refractivity contribution is -0.131. The first kappa shape index (κ1) is 33.3. The van der Waals surface area contributed by atoms with Gasteiger partial charge in [0.2, 0.25) is 11.8 Å². The molecule has 2 atom stereocenters. The van der Waals surface area contributed by atoms with Crippen LogP contribution in [0, 0.1) is 22.7 Å². The van der Waals surface area contributed by atoms with Crippen LogP contribution in [0.25, 0.3) is 0 Å². The lowest BCUT2D eigenvalue weighted by Gasteiger charge is -2.34. The number of pyridine rings is 1. The van der Waals surface area contributed by atoms with E-state index in [0.717, 1.165) is 73.6 Å². The van der Waals surface area contributed by atoms with Gasteiger partial charge in [-0.3, -0.25) is 25.4 Å². The molecule has 0 bridgehead atoms. The van der Waals surface area contributed by atoms with Gasteiger partial charge in [0.1, 0.15) is 23.4 Å². The number of amidine groups is 2. The van der Waals surface area contributed by atoms with Gasteiger partial charge in [-0.15, -0.1) is 0 Å². The summed E-state index contributed by atoms with van der Waals surface area (Å²) in [6.45, 7) is 2.06. The number of benzene rings is 2. The minimum atomic E-state index is -0.597. The van der Waals surface area contributed by atoms with Crippen LogP contribution in [0.2, 0.25) is 0 Å². The fourth-order valence-corrected chi connectivity index (χ4v) is 7.06. The van der Waals surface area contributed by atoms with Gasteiger partial charge in [-0.2, -0.15) is 0 Å². The Morgan fingerprint density at radius 3 is 2.33 bits per heavy atom. The van der Waals surface area contributed by atoms with Gasteiger partial charge in [0.05, 0.1) is 5.92 Å². The molecule has 242 valence electrons. The van der Waals surface area contributed by atoms with Crippen LogP contribution in [0.3, 0.4) is 0 Å². The summed E-state index contributed by atoms with van der Waals surface area (Å²) >= 11 is 3.56. The zero-order chi connectivity index (χ0) is 32.5. The highest BCUT2D eigenvalue weighted by atomic mass is 79.9. The van der Waals surface area contributed by atoms with Crippen LogP contribution in [-0.4, -0.2) is 59.0 Å². The summed E-state index contributed by atoms with van der Waals surface area (Å²) in [4.78, 5) is 34.3. The van der Waals surface area contributed by atoms with Crippen molar-refractivity contribution in [1.82, 2.24) is 20.5 Å². The second kappa shape index (κ2) is 16.0. The molecule has 0 spiro atoms. The van der Waals surface area contributed by atoms with Crippen molar-refractivity contribution in [3.05, 3.63) is 99.8 Å². The molecule has 1 aliphatic heterocycles. The van der Waals surface area contributed by atoms with Crippen molar-refractivity contribution in [1.29, 1.82) is 10.8 Å². The van der Waals surface area contributed by atoms with E-state index < -0.39 is 12.0 Å². The van der Waals surface area contributed by atoms with Gasteiger partial charge in [-0.25, -0.2) is 0 Å². The van der Waals surface area contributed by atoms with Crippen molar-refractivity contribution in [2.75, 3.05) is 19.6 Å². The van der Waals surface area contributed by atoms with E-state index in [2.05, 4.69) is 36.4 Å². The molecule has 2 aromatic carbocycles. The maximum absolute atomic E-state index is 14.1. The molecule has 2 heterocycles. The number of carbonyl (C=O) groups is 2. The molecule has 2 fully saturated rings. The number of piperidine rings is 1. The molecule has 10 heteroatoms. The molecule has 6 N–H and O–H groups in total. The SMILES string of the molecule is N=C(N)c1ccc(CC(C(=O)N[C@H](C(=O)NCC2CCN(C(=N)c3ccccn3)CC2)C2CCCCC2)c2cccc(Br)c2)cc1. The van der Waals surface area contributed by atoms with Crippen molar-refractivity contribution < 1.29 is 9.59 Å². The first-order valence-electron chi connectivity index (χ1n) is 16.3. The van der Waals surface area contributed by atoms with Crippen LogP contribution in [0.4, 0.5) is 0 Å². The average Bonchev–Trinajstić information content (AvgIpc) is 3.09. The zero-order valence-electron chi connectivity index (χ0n) is 26.2. The summed E-state index contributed by atoms with van der Waals surface area (Å²) in [6.07, 6.45) is 9.02. The Bertz CT molecular complexity index is 1500. The number of likely N-dealkylation sites (tertiary alicyclic amines) is 1. The fourth-order valence-electron chi connectivity index (χ4n) is 6.64. The highest BCUT2D eigenvalue weighted by Gasteiger charge is 2.34. The number of carbonyl (C=O) groups excluding carboxylic acids is 2. The second-order valence-corrected chi connectivity index (χ2v) is 13.5. The van der Waals surface area contributed by atoms with Crippen molar-refractivity contribution >= 4 is 39.4 Å². The molecule has 5 rings (SSSR count). The number of halogens is 1. The number of hydrogen-bond acceptors (Lipinski definition) is 5. The fraction of sp³-hybridized carbons (Fsp3) is 0.417. The minimum absolute atomic E-state index is 0.00341. The number of amides is 2. The van der Waals surface area contributed by atoms with Crippen molar-refractivity contribution in [3.8, 4) is 0 Å². The molecule has 1 saturated heterocycles. The van der Waals surface area contributed by atoms with Crippen molar-refractivity contribution in [2.24, 2.45) is 17.6 Å². The lowest BCUT2D eigenvalue weighted by Crippen LogP contribution is -2.53. The number of aromatic nitrogens is 1. The Hall–Kier alpha value is -4.05. The van der Waals surface area contributed by atoms with Gasteiger partial charge in [0, 0.05) is 35.9 Å². The maximum Gasteiger partial charge on any atom is 0.242 e. The zero-order valence-corrected chi connectivity index (χ0v) is 27.8. The first-order valence-corrected chi connectivity index (χ1v) is 17.1. The summed E-state index contributed by atoms with van der Waals surface area (Å²) in [5.74, 6) is 0.0757. The van der Waals surface area contributed by atoms with Crippen LogP contribution in [0.1, 0.15) is 73.2 Å². The molecule has 9 nitrogen and oxygen atoms in total. The molecule has 46 heavy (non-hydrogen) atoms. The summed E-state index contributed by atoms with van der Waals surface area (Å²) in [6, 6.07) is 20.2. The third kappa shape index (κ3) is 8.81. The molecule has 1 aromatic heterocycles. The monoisotopic (exact) mass is 685 g/mol. The Labute approximate surface area is 279 Å². The van der Waals surface area contributed by atoms with Crippen molar-refractivity contribution in [2.45, 2.75) is 63.3 Å². The quantitative estimate of drug-likeness (QED) is 0.136. The predicted molar refractivity (Wildman–Crippen MR) is 185 cm³/mol. The number of rotatable bonds is 11. The molecule has 1 unspecified atom stereocenters. The standard InChI is InChI=1S/C36H44BrN7O2/c37-29-10-6-9-28(22-29)30(21-24-12-14-27(15-13-24)33(38)39)35(45)43-32(26-7-2-1-3-8-26)36(46)42-23-25-16-19-44(20-17-25)34(40)31-11-4-5-18-41-31/h4-6,9-15,18,22,25-26,30,32,40H,1-3,7-8,16-17,19-21,23H2,(H3,38,39)(H,42,46)(H,43,45)/t30?,32-/m0/s1. The predicted octanol–water partition coefficient (Wildman–Crippen LogP) is 5.37. The Kier molecular flexibility index (Phi) is 11.6. The number of nitrogens with two attached hydrogens (primary N) is 1. The van der Waals surface area contributed by atoms with Gasteiger partial charge < -0.3 is 21.3 Å². The van der Waals surface area contributed by atoms with E-state index in [9.17, 15) is 9.59 Å². The highest BCUT2D eigenvalue weighted by molar-refractivity contribution is 9.10. The number of nitrogen functional groups attached to an aromatic ring is 1. The second-order valence-electron chi connectivity index (χ2n) is 12.5. The summed E-state index contributed by atoms with van der Waals surface area (Å²) in [7, 11) is 0. The van der Waals surface area contributed by atoms with Gasteiger partial charge in [-0.05, 0) is 79.3 Å². The number of hydrogen-bond donors (Lipinski definition) is 5. The van der Waals surface area contributed by atoms with Crippen LogP contribution in [0.5, 0.6) is 0 Å². The Balaban J connectivity index is 1.25. The van der Waals surface area contributed by atoms with E-state index in [4.69, 9.17) is 16.6 Å². The molecule has 3 aromatic rings. The van der Waals surface area contributed by atoms with Gasteiger partial charge >= 0.3 is 0 Å². The highest BCUT2D eigenvalue weighted by Crippen LogP contribution is 2.29. The maximum atomic E-state index is 14.1. The summed E-state index contributed by atoms with van der Waals surface area (Å²) in [5, 5.41) is 22.7. The molecular formula is C36H44BrN7O2. The molecular weight excluding hydrogens is 642 g/mol. The third-order valence-electron chi connectivity index (χ3n) is 9.38. The smallest absolute Gasteiger partial charge is 0.242 e. The summed E-state index contributed by atoms with van der Waals surface area (Å²) < 4.78 is 0.887. The third-order valence-corrected chi connectivity index (χ3v) is 9.87. The average molecular weight is 687 g/mol. The van der Waals surface area contributed by atoms with Gasteiger partial charge in [0.25, 0.3) is 0 Å². The van der Waals surface area contributed by atoms with E-state index in [1.807, 2.05) is 54.6 Å². The van der Waals surface area contributed by atoms with Crippen LogP contribution in [-0.2, 0) is 16.0 Å². The van der Waals surface area contributed by atoms with Crippen molar-refractivity contribution in [3.63, 3.8) is 0 Å². The first-order chi connectivity index (χ1) is 22.3. The molecule has 2 aliphatic rings. The Morgan fingerprint density at radius 1 is 0.935 bits per heavy atom. The topological polar surface area (TPSA) is 148 Å². The summed E-state index contributed by atoms with van der Waals surface area (Å²) in [5.41, 5.74) is 8.78. The lowest BCUT2D eigenvalue weighted by atomic mass is 9.82. The van der Waals surface area contributed by atoms with Crippen LogP contribution >= 0.6 is 15.9 Å². The van der Waals surface area contributed by atoms with E-state index in [1.165, 1.54) is 0 Å². The van der Waals surface area contributed by atoms with E-state index >= 15 is 0 Å². The van der Waals surface area contributed by atoms with Crippen LogP contribution < -0.4 is 16.4 Å². The van der Waals surface area contributed by atoms with E-state index in [-0.39, 0.29) is 23.6 Å². The van der Waals surface area contributed by atoms with Gasteiger partial charge in [0.15, 0.2) is 0 Å². The molecule has 2 amide bonds. The van der Waals surface area contributed by atoms with Crippen LogP contribution in [0.15, 0.2) is 77.4 Å². The number of nitrogens with zero attached hydrogens (tertiary/aromatic N) is 2. The largest absolute Gasteiger partial charge is 0.384 e. The number of nitrogens with one attached hydrogen (secondary N) is 4. The minimum Gasteiger partial charge on any atom is -0.384 e. The molecule has 1 saturated carbocycles. The van der Waals surface area contributed by atoms with E-state index in [0.29, 0.717) is 36.0 Å². The van der Waals surface area contributed by atoms with E-state index in [1.54, 1.807) is 18.3 Å². The van der Waals surface area contributed by atoms with Gasteiger partial charge in [-0.1, -0.05) is 77.7 Å². The molecule has 1 aliphatic carbocycles.